The molecule has 1 amide bonds. The molecule has 0 aliphatic heterocycles. The minimum absolute atomic E-state index is 0.335. The summed E-state index contributed by atoms with van der Waals surface area (Å²) in [4.78, 5) is 15.4. The number of hydrazone groups is 1. The van der Waals surface area contributed by atoms with Gasteiger partial charge in [0.25, 0.3) is 5.91 Å². The van der Waals surface area contributed by atoms with Crippen molar-refractivity contribution in [1.29, 1.82) is 0 Å². The molecule has 0 atom stereocenters. The van der Waals surface area contributed by atoms with Crippen LogP contribution in [-0.2, 0) is 6.18 Å². The molecule has 0 bridgehead atoms. The van der Waals surface area contributed by atoms with Crippen LogP contribution in [0.25, 0.3) is 0 Å². The maximum Gasteiger partial charge on any atom is 0.416 e. The fourth-order valence-corrected chi connectivity index (χ4v) is 1.49. The van der Waals surface area contributed by atoms with E-state index in [0.29, 0.717) is 11.1 Å². The van der Waals surface area contributed by atoms with Crippen molar-refractivity contribution < 1.29 is 18.0 Å². The molecule has 0 spiro atoms. The van der Waals surface area contributed by atoms with E-state index in [1.807, 2.05) is 0 Å². The number of carbonyl (C=O) groups excluding carboxylic acids is 1. The van der Waals surface area contributed by atoms with Gasteiger partial charge in [0.15, 0.2) is 0 Å². The first-order valence-corrected chi connectivity index (χ1v) is 5.87. The van der Waals surface area contributed by atoms with Gasteiger partial charge in [-0.25, -0.2) is 5.43 Å². The van der Waals surface area contributed by atoms with Gasteiger partial charge in [-0.1, -0.05) is 12.1 Å². The normalized spacial score (nSPS) is 11.6. The number of pyridine rings is 1. The Bertz CT molecular complexity index is 637. The van der Waals surface area contributed by atoms with Crippen molar-refractivity contribution in [2.45, 2.75) is 6.18 Å². The van der Waals surface area contributed by atoms with Crippen LogP contribution in [0.3, 0.4) is 0 Å². The van der Waals surface area contributed by atoms with Crippen LogP contribution in [0.2, 0.25) is 0 Å². The Morgan fingerprint density at radius 2 is 1.90 bits per heavy atom. The van der Waals surface area contributed by atoms with Crippen LogP contribution in [0.5, 0.6) is 0 Å². The molecule has 4 nitrogen and oxygen atoms in total. The van der Waals surface area contributed by atoms with Gasteiger partial charge in [0.1, 0.15) is 0 Å². The average Bonchev–Trinajstić information content (AvgIpc) is 2.47. The first-order chi connectivity index (χ1) is 9.97. The second-order valence-corrected chi connectivity index (χ2v) is 4.06. The molecule has 0 saturated heterocycles. The minimum atomic E-state index is -4.37. The lowest BCUT2D eigenvalue weighted by molar-refractivity contribution is -0.137. The zero-order valence-corrected chi connectivity index (χ0v) is 10.6. The summed E-state index contributed by atoms with van der Waals surface area (Å²) in [5, 5.41) is 3.68. The van der Waals surface area contributed by atoms with E-state index >= 15 is 0 Å². The highest BCUT2D eigenvalue weighted by atomic mass is 19.4. The molecule has 1 aromatic heterocycles. The van der Waals surface area contributed by atoms with E-state index in [4.69, 9.17) is 0 Å². The maximum atomic E-state index is 12.4. The number of amides is 1. The summed E-state index contributed by atoms with van der Waals surface area (Å²) in [5.74, 6) is -0.453. The monoisotopic (exact) mass is 293 g/mol. The summed E-state index contributed by atoms with van der Waals surface area (Å²) in [7, 11) is 0. The largest absolute Gasteiger partial charge is 0.416 e. The number of nitrogens with one attached hydrogen (secondary N) is 1. The molecule has 108 valence electrons. The minimum Gasteiger partial charge on any atom is -0.267 e. The predicted octanol–water partition coefficient (Wildman–Crippen LogP) is 2.86. The molecule has 0 fully saturated rings. The Morgan fingerprint density at radius 3 is 2.48 bits per heavy atom. The molecule has 1 heterocycles. The highest BCUT2D eigenvalue weighted by molar-refractivity contribution is 5.94. The van der Waals surface area contributed by atoms with Crippen molar-refractivity contribution >= 4 is 12.1 Å². The van der Waals surface area contributed by atoms with Crippen LogP contribution in [0, 0.1) is 0 Å². The van der Waals surface area contributed by atoms with Crippen LogP contribution in [0.4, 0.5) is 13.2 Å². The van der Waals surface area contributed by atoms with Gasteiger partial charge in [-0.15, -0.1) is 0 Å². The third-order valence-electron chi connectivity index (χ3n) is 2.54. The topological polar surface area (TPSA) is 54.4 Å². The van der Waals surface area contributed by atoms with Gasteiger partial charge in [0, 0.05) is 12.4 Å². The van der Waals surface area contributed by atoms with Gasteiger partial charge in [-0.05, 0) is 29.8 Å². The van der Waals surface area contributed by atoms with Gasteiger partial charge in [0.2, 0.25) is 0 Å². The average molecular weight is 293 g/mol. The number of hydrogen-bond donors (Lipinski definition) is 1. The lowest BCUT2D eigenvalue weighted by Gasteiger charge is -2.05. The fourth-order valence-electron chi connectivity index (χ4n) is 1.49. The van der Waals surface area contributed by atoms with Gasteiger partial charge in [-0.2, -0.15) is 18.3 Å². The molecular weight excluding hydrogens is 283 g/mol. The van der Waals surface area contributed by atoms with E-state index < -0.39 is 17.6 Å². The molecular formula is C14H10F3N3O. The summed E-state index contributed by atoms with van der Waals surface area (Å²) < 4.78 is 37.1. The van der Waals surface area contributed by atoms with E-state index in [-0.39, 0.29) is 0 Å². The Balaban J connectivity index is 1.97. The molecule has 1 aromatic carbocycles. The number of benzene rings is 1. The van der Waals surface area contributed by atoms with Crippen LogP contribution < -0.4 is 5.43 Å². The molecule has 0 radical (unpaired) electrons. The highest BCUT2D eigenvalue weighted by Crippen LogP contribution is 2.28. The molecule has 21 heavy (non-hydrogen) atoms. The van der Waals surface area contributed by atoms with Gasteiger partial charge in [-0.3, -0.25) is 9.78 Å². The zero-order chi connectivity index (χ0) is 15.3. The highest BCUT2D eigenvalue weighted by Gasteiger charge is 2.29. The van der Waals surface area contributed by atoms with Crippen LogP contribution in [0.15, 0.2) is 53.9 Å². The fraction of sp³-hybridized carbons (Fsp3) is 0.0714. The second kappa shape index (κ2) is 6.17. The van der Waals surface area contributed by atoms with E-state index in [1.165, 1.54) is 30.7 Å². The van der Waals surface area contributed by atoms with Crippen molar-refractivity contribution in [3.8, 4) is 0 Å². The lowest BCUT2D eigenvalue weighted by atomic mass is 10.1. The third-order valence-corrected chi connectivity index (χ3v) is 2.54. The zero-order valence-electron chi connectivity index (χ0n) is 10.6. The number of aromatic nitrogens is 1. The molecule has 1 N–H and O–H groups in total. The van der Waals surface area contributed by atoms with Crippen LogP contribution >= 0.6 is 0 Å². The van der Waals surface area contributed by atoms with Gasteiger partial charge in [0.05, 0.1) is 17.3 Å². The van der Waals surface area contributed by atoms with Crippen molar-refractivity contribution in [3.05, 3.63) is 65.5 Å². The van der Waals surface area contributed by atoms with Crippen molar-refractivity contribution in [2.75, 3.05) is 0 Å². The maximum absolute atomic E-state index is 12.4. The van der Waals surface area contributed by atoms with Crippen molar-refractivity contribution in [1.82, 2.24) is 10.4 Å². The van der Waals surface area contributed by atoms with E-state index in [1.54, 1.807) is 12.1 Å². The van der Waals surface area contributed by atoms with Crippen molar-refractivity contribution in [3.63, 3.8) is 0 Å². The third kappa shape index (κ3) is 4.13. The van der Waals surface area contributed by atoms with Crippen LogP contribution in [-0.4, -0.2) is 17.1 Å². The summed E-state index contributed by atoms with van der Waals surface area (Å²) in [6.07, 6.45) is -0.205. The van der Waals surface area contributed by atoms with E-state index in [9.17, 15) is 18.0 Å². The predicted molar refractivity (Wildman–Crippen MR) is 70.7 cm³/mol. The smallest absolute Gasteiger partial charge is 0.267 e. The lowest BCUT2D eigenvalue weighted by Crippen LogP contribution is -2.17. The van der Waals surface area contributed by atoms with E-state index in [0.717, 1.165) is 12.1 Å². The molecule has 7 heteroatoms. The summed E-state index contributed by atoms with van der Waals surface area (Å²) >= 11 is 0. The Hall–Kier alpha value is -2.70. The van der Waals surface area contributed by atoms with E-state index in [2.05, 4.69) is 15.5 Å². The van der Waals surface area contributed by atoms with Crippen LogP contribution in [0.1, 0.15) is 21.5 Å². The molecule has 0 aliphatic carbocycles. The Kier molecular flexibility index (Phi) is 4.32. The number of rotatable bonds is 3. The van der Waals surface area contributed by atoms with Gasteiger partial charge >= 0.3 is 6.18 Å². The van der Waals surface area contributed by atoms with Gasteiger partial charge < -0.3 is 0 Å². The summed E-state index contributed by atoms with van der Waals surface area (Å²) in [5.41, 5.74) is 2.30. The SMILES string of the molecule is O=C(NN=Cc1ccc(C(F)(F)F)cc1)c1cccnc1. The number of halogens is 3. The number of nitrogens with zero attached hydrogens (tertiary/aromatic N) is 2. The quantitative estimate of drug-likeness (QED) is 0.699. The Morgan fingerprint density at radius 1 is 1.19 bits per heavy atom. The standard InChI is InChI=1S/C14H10F3N3O/c15-14(16,17)12-5-3-10(4-6-12)8-19-20-13(21)11-2-1-7-18-9-11/h1-9H,(H,20,21). The molecule has 2 rings (SSSR count). The molecule has 0 aliphatic rings. The molecule has 0 unspecified atom stereocenters. The summed E-state index contributed by atoms with van der Waals surface area (Å²) in [6.45, 7) is 0. The van der Waals surface area contributed by atoms with Crippen molar-refractivity contribution in [2.24, 2.45) is 5.10 Å². The first-order valence-electron chi connectivity index (χ1n) is 5.87. The number of carbonyl (C=O) groups is 1. The molecule has 2 aromatic rings. The summed E-state index contributed by atoms with van der Waals surface area (Å²) in [6, 6.07) is 7.60. The molecule has 0 saturated carbocycles. The Labute approximate surface area is 118 Å². The number of alkyl halides is 3. The second-order valence-electron chi connectivity index (χ2n) is 4.06. The first kappa shape index (κ1) is 14.7. The number of hydrogen-bond acceptors (Lipinski definition) is 3.